The van der Waals surface area contributed by atoms with E-state index in [4.69, 9.17) is 17.3 Å². The fourth-order valence-corrected chi connectivity index (χ4v) is 2.28. The Kier molecular flexibility index (Phi) is 3.84. The van der Waals surface area contributed by atoms with E-state index in [0.29, 0.717) is 20.7 Å². The fraction of sp³-hybridized carbons (Fsp3) is 0.250. The third-order valence-electron chi connectivity index (χ3n) is 2.28. The van der Waals surface area contributed by atoms with Crippen molar-refractivity contribution in [2.75, 3.05) is 5.32 Å². The topological polar surface area (TPSA) is 80.9 Å². The highest BCUT2D eigenvalue weighted by molar-refractivity contribution is 7.15. The molecule has 0 saturated heterocycles. The number of hydrogen-bond acceptors (Lipinski definition) is 5. The van der Waals surface area contributed by atoms with Gasteiger partial charge in [0.2, 0.25) is 5.13 Å². The van der Waals surface area contributed by atoms with Crippen LogP contribution >= 0.6 is 22.9 Å². The van der Waals surface area contributed by atoms with Crippen LogP contribution in [-0.2, 0) is 5.54 Å². The number of nitrogens with two attached hydrogens (primary N) is 1. The third kappa shape index (κ3) is 3.50. The molecule has 2 rings (SSSR count). The average Bonchev–Trinajstić information content (AvgIpc) is 2.77. The Bertz CT molecular complexity index is 606. The maximum absolute atomic E-state index is 12.0. The molecular formula is C12H13ClN4OS. The molecule has 0 fully saturated rings. The Labute approximate surface area is 119 Å². The number of rotatable bonds is 3. The van der Waals surface area contributed by atoms with Crippen molar-refractivity contribution >= 4 is 34.0 Å². The normalized spacial score (nSPS) is 11.4. The van der Waals surface area contributed by atoms with E-state index in [1.165, 1.54) is 11.3 Å². The van der Waals surface area contributed by atoms with Crippen LogP contribution in [0.5, 0.6) is 0 Å². The summed E-state index contributed by atoms with van der Waals surface area (Å²) in [5, 5.41) is 12.1. The van der Waals surface area contributed by atoms with Gasteiger partial charge in [-0.2, -0.15) is 0 Å². The van der Waals surface area contributed by atoms with E-state index in [-0.39, 0.29) is 5.91 Å². The summed E-state index contributed by atoms with van der Waals surface area (Å²) in [5.41, 5.74) is 5.81. The van der Waals surface area contributed by atoms with Crippen LogP contribution in [0.15, 0.2) is 24.3 Å². The largest absolute Gasteiger partial charge is 0.320 e. The standard InChI is InChI=1S/C12H13ClN4OS/c1-12(2,14)10-16-17-11(19-10)15-9(18)7-4-3-5-8(13)6-7/h3-6H,14H2,1-2H3,(H,15,17,18). The zero-order valence-corrected chi connectivity index (χ0v) is 12.0. The van der Waals surface area contributed by atoms with E-state index in [1.54, 1.807) is 24.3 Å². The first-order chi connectivity index (χ1) is 8.86. The number of hydrogen-bond donors (Lipinski definition) is 2. The third-order valence-corrected chi connectivity index (χ3v) is 3.70. The van der Waals surface area contributed by atoms with E-state index in [1.807, 2.05) is 13.8 Å². The summed E-state index contributed by atoms with van der Waals surface area (Å²) in [6.07, 6.45) is 0. The Morgan fingerprint density at radius 1 is 1.42 bits per heavy atom. The van der Waals surface area contributed by atoms with Crippen LogP contribution in [0.25, 0.3) is 0 Å². The number of nitrogens with one attached hydrogen (secondary N) is 1. The molecule has 0 saturated carbocycles. The number of amides is 1. The molecule has 0 spiro atoms. The van der Waals surface area contributed by atoms with E-state index in [9.17, 15) is 4.79 Å². The lowest BCUT2D eigenvalue weighted by molar-refractivity contribution is 0.102. The minimum atomic E-state index is -0.573. The first-order valence-corrected chi connectivity index (χ1v) is 6.75. The Balaban J connectivity index is 2.13. The van der Waals surface area contributed by atoms with Crippen molar-refractivity contribution < 1.29 is 4.79 Å². The molecule has 5 nitrogen and oxygen atoms in total. The van der Waals surface area contributed by atoms with E-state index in [2.05, 4.69) is 15.5 Å². The molecule has 3 N–H and O–H groups in total. The predicted molar refractivity (Wildman–Crippen MR) is 76.5 cm³/mol. The van der Waals surface area contributed by atoms with Crippen molar-refractivity contribution in [3.8, 4) is 0 Å². The molecule has 0 atom stereocenters. The summed E-state index contributed by atoms with van der Waals surface area (Å²) >= 11 is 7.09. The Morgan fingerprint density at radius 3 is 2.74 bits per heavy atom. The van der Waals surface area contributed by atoms with Crippen LogP contribution in [0.1, 0.15) is 29.2 Å². The van der Waals surface area contributed by atoms with E-state index >= 15 is 0 Å². The average molecular weight is 297 g/mol. The van der Waals surface area contributed by atoms with Crippen LogP contribution in [-0.4, -0.2) is 16.1 Å². The van der Waals surface area contributed by atoms with Crippen molar-refractivity contribution in [3.05, 3.63) is 39.9 Å². The SMILES string of the molecule is CC(C)(N)c1nnc(NC(=O)c2cccc(Cl)c2)s1. The minimum Gasteiger partial charge on any atom is -0.320 e. The van der Waals surface area contributed by atoms with E-state index in [0.717, 1.165) is 0 Å². The number of carbonyl (C=O) groups is 1. The fourth-order valence-electron chi connectivity index (χ4n) is 1.33. The Hall–Kier alpha value is -1.50. The van der Waals surface area contributed by atoms with Crippen LogP contribution in [0.4, 0.5) is 5.13 Å². The zero-order chi connectivity index (χ0) is 14.0. The van der Waals surface area contributed by atoms with Crippen molar-refractivity contribution in [2.45, 2.75) is 19.4 Å². The second kappa shape index (κ2) is 5.24. The van der Waals surface area contributed by atoms with Crippen LogP contribution in [0, 0.1) is 0 Å². The molecular weight excluding hydrogens is 284 g/mol. The maximum atomic E-state index is 12.0. The van der Waals surface area contributed by atoms with Crippen LogP contribution in [0.2, 0.25) is 5.02 Å². The number of carbonyl (C=O) groups excluding carboxylic acids is 1. The predicted octanol–water partition coefficient (Wildman–Crippen LogP) is 2.64. The minimum absolute atomic E-state index is 0.278. The molecule has 1 heterocycles. The van der Waals surface area contributed by atoms with Crippen molar-refractivity contribution in [3.63, 3.8) is 0 Å². The molecule has 0 aliphatic heterocycles. The lowest BCUT2D eigenvalue weighted by Crippen LogP contribution is -2.28. The van der Waals surface area contributed by atoms with Gasteiger partial charge in [-0.15, -0.1) is 10.2 Å². The second-order valence-electron chi connectivity index (χ2n) is 4.60. The summed E-state index contributed by atoms with van der Waals surface area (Å²) in [7, 11) is 0. The van der Waals surface area contributed by atoms with Gasteiger partial charge in [-0.25, -0.2) is 0 Å². The van der Waals surface area contributed by atoms with Gasteiger partial charge in [-0.3, -0.25) is 10.1 Å². The summed E-state index contributed by atoms with van der Waals surface area (Å²) in [6, 6.07) is 6.69. The molecule has 2 aromatic rings. The van der Waals surface area contributed by atoms with Crippen LogP contribution in [0.3, 0.4) is 0 Å². The molecule has 19 heavy (non-hydrogen) atoms. The van der Waals surface area contributed by atoms with Gasteiger partial charge in [0.15, 0.2) is 0 Å². The summed E-state index contributed by atoms with van der Waals surface area (Å²) in [4.78, 5) is 12.0. The number of benzene rings is 1. The lowest BCUT2D eigenvalue weighted by atomic mass is 10.1. The lowest BCUT2D eigenvalue weighted by Gasteiger charge is -2.12. The van der Waals surface area contributed by atoms with Crippen molar-refractivity contribution in [2.24, 2.45) is 5.73 Å². The van der Waals surface area contributed by atoms with Crippen molar-refractivity contribution in [1.82, 2.24) is 10.2 Å². The molecule has 0 unspecified atom stereocenters. The highest BCUT2D eigenvalue weighted by atomic mass is 35.5. The Morgan fingerprint density at radius 2 is 2.16 bits per heavy atom. The van der Waals surface area contributed by atoms with Gasteiger partial charge in [0, 0.05) is 10.6 Å². The molecule has 1 amide bonds. The van der Waals surface area contributed by atoms with E-state index < -0.39 is 5.54 Å². The van der Waals surface area contributed by atoms with Crippen molar-refractivity contribution in [1.29, 1.82) is 0 Å². The first kappa shape index (κ1) is 13.9. The summed E-state index contributed by atoms with van der Waals surface area (Å²) < 4.78 is 0. The zero-order valence-electron chi connectivity index (χ0n) is 10.5. The molecule has 0 bridgehead atoms. The number of aromatic nitrogens is 2. The monoisotopic (exact) mass is 296 g/mol. The number of anilines is 1. The van der Waals surface area contributed by atoms with Gasteiger partial charge in [0.25, 0.3) is 5.91 Å². The summed E-state index contributed by atoms with van der Waals surface area (Å²) in [5.74, 6) is -0.278. The molecule has 0 radical (unpaired) electrons. The molecule has 0 aliphatic carbocycles. The number of halogens is 1. The smallest absolute Gasteiger partial charge is 0.257 e. The molecule has 7 heteroatoms. The van der Waals surface area contributed by atoms with Gasteiger partial charge in [0.1, 0.15) is 5.01 Å². The quantitative estimate of drug-likeness (QED) is 0.912. The van der Waals surface area contributed by atoms with Gasteiger partial charge < -0.3 is 5.73 Å². The van der Waals surface area contributed by atoms with Crippen LogP contribution < -0.4 is 11.1 Å². The molecule has 100 valence electrons. The van der Waals surface area contributed by atoms with Gasteiger partial charge in [-0.05, 0) is 32.0 Å². The van der Waals surface area contributed by atoms with Gasteiger partial charge >= 0.3 is 0 Å². The van der Waals surface area contributed by atoms with Gasteiger partial charge in [0.05, 0.1) is 5.54 Å². The maximum Gasteiger partial charge on any atom is 0.257 e. The molecule has 1 aromatic carbocycles. The summed E-state index contributed by atoms with van der Waals surface area (Å²) in [6.45, 7) is 3.66. The highest BCUT2D eigenvalue weighted by Gasteiger charge is 2.20. The van der Waals surface area contributed by atoms with Gasteiger partial charge in [-0.1, -0.05) is 29.0 Å². The second-order valence-corrected chi connectivity index (χ2v) is 6.01. The first-order valence-electron chi connectivity index (χ1n) is 5.56. The highest BCUT2D eigenvalue weighted by Crippen LogP contribution is 2.24. The molecule has 1 aromatic heterocycles. The number of nitrogens with zero attached hydrogens (tertiary/aromatic N) is 2. The molecule has 0 aliphatic rings.